The molecule has 0 radical (unpaired) electrons. The summed E-state index contributed by atoms with van der Waals surface area (Å²) in [5, 5.41) is 10.4. The number of para-hydroxylation sites is 1. The number of fused-ring (bicyclic) bond motifs is 1. The Bertz CT molecular complexity index is 573. The van der Waals surface area contributed by atoms with E-state index in [1.165, 1.54) is 0 Å². The van der Waals surface area contributed by atoms with Crippen LogP contribution in [0.2, 0.25) is 5.15 Å². The number of nitriles is 1. The lowest BCUT2D eigenvalue weighted by Gasteiger charge is -2.07. The highest BCUT2D eigenvalue weighted by Gasteiger charge is 2.12. The zero-order valence-electron chi connectivity index (χ0n) is 8.37. The van der Waals surface area contributed by atoms with Gasteiger partial charge in [0.15, 0.2) is 0 Å². The first kappa shape index (κ1) is 11.2. The smallest absolute Gasteiger partial charge is 0.134 e. The van der Waals surface area contributed by atoms with Gasteiger partial charge < -0.3 is 0 Å². The summed E-state index contributed by atoms with van der Waals surface area (Å²) in [6.07, 6.45) is 0.557. The van der Waals surface area contributed by atoms with Gasteiger partial charge in [0, 0.05) is 16.8 Å². The molecule has 0 aliphatic carbocycles. The van der Waals surface area contributed by atoms with E-state index >= 15 is 0 Å². The Morgan fingerprint density at radius 3 is 2.75 bits per heavy atom. The van der Waals surface area contributed by atoms with Crippen LogP contribution in [-0.4, -0.2) is 10.9 Å². The molecule has 2 rings (SSSR count). The molecule has 16 heavy (non-hydrogen) atoms. The number of hydrogen-bond acceptors (Lipinski definition) is 2. The second-order valence-electron chi connectivity index (χ2n) is 3.32. The molecule has 0 saturated heterocycles. The second-order valence-corrected chi connectivity index (χ2v) is 4.06. The van der Waals surface area contributed by atoms with Crippen molar-refractivity contribution in [1.29, 1.82) is 5.26 Å². The average molecular weight is 251 g/mol. The third-order valence-corrected chi connectivity index (χ3v) is 2.90. The predicted octanol–water partition coefficient (Wildman–Crippen LogP) is 3.54. The van der Waals surface area contributed by atoms with Crippen molar-refractivity contribution in [3.63, 3.8) is 0 Å². The lowest BCUT2D eigenvalue weighted by molar-refractivity contribution is 1.12. The van der Waals surface area contributed by atoms with Crippen LogP contribution in [-0.2, 0) is 6.42 Å². The van der Waals surface area contributed by atoms with E-state index in [0.717, 1.165) is 16.5 Å². The number of hydrogen-bond donors (Lipinski definition) is 0. The van der Waals surface area contributed by atoms with Crippen LogP contribution in [0, 0.1) is 11.3 Å². The summed E-state index contributed by atoms with van der Waals surface area (Å²) in [7, 11) is 0. The van der Waals surface area contributed by atoms with Crippen LogP contribution in [0.15, 0.2) is 24.3 Å². The predicted molar refractivity (Wildman–Crippen MR) is 65.9 cm³/mol. The monoisotopic (exact) mass is 250 g/mol. The molecule has 0 saturated carbocycles. The van der Waals surface area contributed by atoms with Gasteiger partial charge >= 0.3 is 0 Å². The molecule has 1 aromatic carbocycles. The van der Waals surface area contributed by atoms with Crippen LogP contribution < -0.4 is 0 Å². The van der Waals surface area contributed by atoms with Crippen LogP contribution in [0.3, 0.4) is 0 Å². The van der Waals surface area contributed by atoms with Gasteiger partial charge in [-0.3, -0.25) is 0 Å². The van der Waals surface area contributed by atoms with E-state index in [4.69, 9.17) is 23.2 Å². The molecule has 1 aromatic heterocycles. The van der Waals surface area contributed by atoms with E-state index in [9.17, 15) is 5.26 Å². The second kappa shape index (κ2) is 4.69. The largest absolute Gasteiger partial charge is 0.236 e. The Balaban J connectivity index is 2.81. The fourth-order valence-corrected chi connectivity index (χ4v) is 2.14. The van der Waals surface area contributed by atoms with Crippen LogP contribution in [0.5, 0.6) is 0 Å². The van der Waals surface area contributed by atoms with Gasteiger partial charge in [0.2, 0.25) is 0 Å². The Morgan fingerprint density at radius 2 is 2.06 bits per heavy atom. The first-order chi connectivity index (χ1) is 7.77. The highest BCUT2D eigenvalue weighted by Crippen LogP contribution is 2.26. The van der Waals surface area contributed by atoms with Crippen LogP contribution >= 0.6 is 23.2 Å². The molecule has 0 aliphatic rings. The minimum atomic E-state index is 0.371. The van der Waals surface area contributed by atoms with Crippen molar-refractivity contribution >= 4 is 34.1 Å². The van der Waals surface area contributed by atoms with Gasteiger partial charge in [-0.15, -0.1) is 11.6 Å². The topological polar surface area (TPSA) is 36.7 Å². The summed E-state index contributed by atoms with van der Waals surface area (Å²) in [5.74, 6) is 0.425. The molecular weight excluding hydrogens is 243 g/mol. The van der Waals surface area contributed by atoms with Crippen molar-refractivity contribution in [3.05, 3.63) is 40.5 Å². The average Bonchev–Trinajstić information content (AvgIpc) is 2.30. The molecule has 2 aromatic rings. The van der Waals surface area contributed by atoms with Gasteiger partial charge in [-0.05, 0) is 12.5 Å². The standard InChI is InChI=1S/C12H8Cl2N2/c13-6-5-9-10(7-15)8-3-1-2-4-11(8)16-12(9)14/h1-4H,5-6H2. The van der Waals surface area contributed by atoms with Crippen molar-refractivity contribution in [3.8, 4) is 6.07 Å². The summed E-state index contributed by atoms with van der Waals surface area (Å²) in [6.45, 7) is 0. The number of nitrogens with zero attached hydrogens (tertiary/aromatic N) is 2. The molecule has 4 heteroatoms. The molecule has 80 valence electrons. The van der Waals surface area contributed by atoms with Crippen molar-refractivity contribution in [2.24, 2.45) is 0 Å². The minimum absolute atomic E-state index is 0.371. The fourth-order valence-electron chi connectivity index (χ4n) is 1.67. The zero-order chi connectivity index (χ0) is 11.5. The van der Waals surface area contributed by atoms with Crippen molar-refractivity contribution < 1.29 is 0 Å². The number of aromatic nitrogens is 1. The third-order valence-electron chi connectivity index (χ3n) is 2.40. The summed E-state index contributed by atoms with van der Waals surface area (Å²) < 4.78 is 0. The third kappa shape index (κ3) is 1.84. The van der Waals surface area contributed by atoms with E-state index in [1.54, 1.807) is 0 Å². The highest BCUT2D eigenvalue weighted by atomic mass is 35.5. The zero-order valence-corrected chi connectivity index (χ0v) is 9.89. The number of halogens is 2. The first-order valence-electron chi connectivity index (χ1n) is 4.81. The van der Waals surface area contributed by atoms with Crippen LogP contribution in [0.25, 0.3) is 10.9 Å². The molecule has 0 amide bonds. The molecule has 0 fully saturated rings. The lowest BCUT2D eigenvalue weighted by atomic mass is 10.0. The van der Waals surface area contributed by atoms with Gasteiger partial charge in [-0.2, -0.15) is 5.26 Å². The lowest BCUT2D eigenvalue weighted by Crippen LogP contribution is -1.97. The number of rotatable bonds is 2. The normalized spacial score (nSPS) is 10.3. The maximum absolute atomic E-state index is 9.19. The Kier molecular flexibility index (Phi) is 3.28. The number of alkyl halides is 1. The SMILES string of the molecule is N#Cc1c(CCCl)c(Cl)nc2ccccc12. The Labute approximate surface area is 103 Å². The van der Waals surface area contributed by atoms with E-state index in [2.05, 4.69) is 11.1 Å². The van der Waals surface area contributed by atoms with E-state index < -0.39 is 0 Å². The maximum atomic E-state index is 9.19. The quantitative estimate of drug-likeness (QED) is 0.604. The molecule has 0 N–H and O–H groups in total. The number of pyridine rings is 1. The first-order valence-corrected chi connectivity index (χ1v) is 5.72. The van der Waals surface area contributed by atoms with Crippen LogP contribution in [0.1, 0.15) is 11.1 Å². The highest BCUT2D eigenvalue weighted by molar-refractivity contribution is 6.31. The van der Waals surface area contributed by atoms with Crippen LogP contribution in [0.4, 0.5) is 0 Å². The summed E-state index contributed by atoms with van der Waals surface area (Å²) in [4.78, 5) is 4.26. The summed E-state index contributed by atoms with van der Waals surface area (Å²) in [5.41, 5.74) is 2.05. The van der Waals surface area contributed by atoms with Gasteiger partial charge in [0.25, 0.3) is 0 Å². The van der Waals surface area contributed by atoms with Gasteiger partial charge in [-0.1, -0.05) is 29.8 Å². The molecular formula is C12H8Cl2N2. The van der Waals surface area contributed by atoms with Crippen molar-refractivity contribution in [1.82, 2.24) is 4.98 Å². The summed E-state index contributed by atoms with van der Waals surface area (Å²) in [6, 6.07) is 9.64. The fraction of sp³-hybridized carbons (Fsp3) is 0.167. The van der Waals surface area contributed by atoms with E-state index in [-0.39, 0.29) is 0 Å². The Hall–Kier alpha value is -1.30. The molecule has 0 spiro atoms. The molecule has 0 atom stereocenters. The van der Waals surface area contributed by atoms with Crippen molar-refractivity contribution in [2.75, 3.05) is 5.88 Å². The van der Waals surface area contributed by atoms with E-state index in [0.29, 0.717) is 23.0 Å². The van der Waals surface area contributed by atoms with Gasteiger partial charge in [-0.25, -0.2) is 4.98 Å². The molecule has 0 unspecified atom stereocenters. The van der Waals surface area contributed by atoms with E-state index in [1.807, 2.05) is 24.3 Å². The maximum Gasteiger partial charge on any atom is 0.134 e. The summed E-state index contributed by atoms with van der Waals surface area (Å²) >= 11 is 11.7. The minimum Gasteiger partial charge on any atom is -0.236 e. The van der Waals surface area contributed by atoms with Gasteiger partial charge in [0.1, 0.15) is 11.2 Å². The Morgan fingerprint density at radius 1 is 1.31 bits per heavy atom. The molecule has 0 bridgehead atoms. The molecule has 0 aliphatic heterocycles. The van der Waals surface area contributed by atoms with Crippen molar-refractivity contribution in [2.45, 2.75) is 6.42 Å². The molecule has 2 nitrogen and oxygen atoms in total. The van der Waals surface area contributed by atoms with Gasteiger partial charge in [0.05, 0.1) is 11.1 Å². The number of benzene rings is 1. The molecule has 1 heterocycles.